The van der Waals surface area contributed by atoms with Crippen LogP contribution in [-0.4, -0.2) is 33.3 Å². The molecule has 0 amide bonds. The zero-order chi connectivity index (χ0) is 21.2. The van der Waals surface area contributed by atoms with Crippen molar-refractivity contribution in [2.75, 3.05) is 38.2 Å². The van der Waals surface area contributed by atoms with Crippen molar-refractivity contribution >= 4 is 16.7 Å². The van der Waals surface area contributed by atoms with Crippen LogP contribution in [0.3, 0.4) is 0 Å². The summed E-state index contributed by atoms with van der Waals surface area (Å²) in [4.78, 5) is 4.06. The SMILES string of the molecule is COc1cc2c(-c3ccccc3)c(C)oc2cc1C[NH+]1CCN(c2ccccc2)CC1. The fourth-order valence-electron chi connectivity index (χ4n) is 4.75. The standard InChI is InChI=1S/C27H28N2O2/c1-20-27(21-9-5-3-6-10-21)24-18-25(30-2)22(17-26(24)31-20)19-28-13-15-29(16-14-28)23-11-7-4-8-12-23/h3-12,17-18H,13-16,19H2,1-2H3/p+1. The van der Waals surface area contributed by atoms with Crippen LogP contribution in [0.5, 0.6) is 5.75 Å². The van der Waals surface area contributed by atoms with Gasteiger partial charge >= 0.3 is 0 Å². The maximum atomic E-state index is 6.18. The van der Waals surface area contributed by atoms with Crippen LogP contribution in [0, 0.1) is 6.92 Å². The number of benzene rings is 3. The first-order chi connectivity index (χ1) is 15.2. The molecule has 1 saturated heterocycles. The van der Waals surface area contributed by atoms with E-state index in [1.165, 1.54) is 16.8 Å². The summed E-state index contributed by atoms with van der Waals surface area (Å²) in [5, 5.41) is 1.12. The molecule has 1 aromatic heterocycles. The van der Waals surface area contributed by atoms with Gasteiger partial charge in [0, 0.05) is 16.6 Å². The van der Waals surface area contributed by atoms with Crippen LogP contribution >= 0.6 is 0 Å². The van der Waals surface area contributed by atoms with E-state index in [0.717, 1.165) is 60.8 Å². The van der Waals surface area contributed by atoms with Crippen LogP contribution in [0.15, 0.2) is 77.2 Å². The Kier molecular flexibility index (Phi) is 5.39. The second-order valence-corrected chi connectivity index (χ2v) is 8.31. The van der Waals surface area contributed by atoms with Gasteiger partial charge in [-0.1, -0.05) is 48.5 Å². The van der Waals surface area contributed by atoms with Gasteiger partial charge in [-0.25, -0.2) is 0 Å². The highest BCUT2D eigenvalue weighted by atomic mass is 16.5. The molecule has 0 atom stereocenters. The molecular formula is C27H29N2O2+. The molecular weight excluding hydrogens is 384 g/mol. The maximum Gasteiger partial charge on any atom is 0.135 e. The van der Waals surface area contributed by atoms with Crippen LogP contribution in [0.25, 0.3) is 22.1 Å². The van der Waals surface area contributed by atoms with Crippen LogP contribution in [0.1, 0.15) is 11.3 Å². The van der Waals surface area contributed by atoms with E-state index in [2.05, 4.69) is 71.6 Å². The van der Waals surface area contributed by atoms with Crippen molar-refractivity contribution in [1.29, 1.82) is 0 Å². The lowest BCUT2D eigenvalue weighted by Gasteiger charge is -2.33. The number of quaternary nitrogens is 1. The van der Waals surface area contributed by atoms with Gasteiger partial charge in [-0.05, 0) is 36.8 Å². The summed E-state index contributed by atoms with van der Waals surface area (Å²) < 4.78 is 12.0. The molecule has 4 aromatic rings. The Morgan fingerprint density at radius 1 is 0.935 bits per heavy atom. The summed E-state index contributed by atoms with van der Waals surface area (Å²) in [5.41, 5.74) is 5.81. The third kappa shape index (κ3) is 3.91. The monoisotopic (exact) mass is 413 g/mol. The quantitative estimate of drug-likeness (QED) is 0.528. The molecule has 0 radical (unpaired) electrons. The normalized spacial score (nSPS) is 14.8. The van der Waals surface area contributed by atoms with Gasteiger partial charge in [0.05, 0.1) is 38.9 Å². The minimum Gasteiger partial charge on any atom is -0.496 e. The van der Waals surface area contributed by atoms with E-state index >= 15 is 0 Å². The highest BCUT2D eigenvalue weighted by Crippen LogP contribution is 2.37. The van der Waals surface area contributed by atoms with Gasteiger partial charge in [0.15, 0.2) is 0 Å². The van der Waals surface area contributed by atoms with Crippen LogP contribution in [0.4, 0.5) is 5.69 Å². The van der Waals surface area contributed by atoms with E-state index in [1.54, 1.807) is 12.0 Å². The molecule has 4 heteroatoms. The van der Waals surface area contributed by atoms with Crippen LogP contribution in [0.2, 0.25) is 0 Å². The highest BCUT2D eigenvalue weighted by Gasteiger charge is 2.23. The Bertz CT molecular complexity index is 1160. The lowest BCUT2D eigenvalue weighted by Crippen LogP contribution is -3.13. The Hall–Kier alpha value is -3.24. The molecule has 0 saturated carbocycles. The third-order valence-corrected chi connectivity index (χ3v) is 6.36. The fraction of sp³-hybridized carbons (Fsp3) is 0.259. The van der Waals surface area contributed by atoms with E-state index in [0.29, 0.717) is 0 Å². The molecule has 158 valence electrons. The average Bonchev–Trinajstić information content (AvgIpc) is 3.14. The van der Waals surface area contributed by atoms with E-state index in [4.69, 9.17) is 9.15 Å². The molecule has 2 heterocycles. The molecule has 0 spiro atoms. The molecule has 1 aliphatic heterocycles. The van der Waals surface area contributed by atoms with Gasteiger partial charge < -0.3 is 19.0 Å². The summed E-state index contributed by atoms with van der Waals surface area (Å²) >= 11 is 0. The summed E-state index contributed by atoms with van der Waals surface area (Å²) in [6.07, 6.45) is 0. The van der Waals surface area contributed by atoms with E-state index in [1.807, 2.05) is 13.0 Å². The summed E-state index contributed by atoms with van der Waals surface area (Å²) in [6, 6.07) is 25.5. The lowest BCUT2D eigenvalue weighted by molar-refractivity contribution is -0.914. The van der Waals surface area contributed by atoms with Crippen molar-refractivity contribution in [3.05, 3.63) is 84.1 Å². The second-order valence-electron chi connectivity index (χ2n) is 8.31. The smallest absolute Gasteiger partial charge is 0.135 e. The number of methoxy groups -OCH3 is 1. The number of aryl methyl sites for hydroxylation is 1. The largest absolute Gasteiger partial charge is 0.496 e. The minimum absolute atomic E-state index is 0.939. The molecule has 0 aliphatic carbocycles. The first kappa shape index (κ1) is 19.7. The van der Waals surface area contributed by atoms with Crippen LogP contribution < -0.4 is 14.5 Å². The maximum absolute atomic E-state index is 6.18. The minimum atomic E-state index is 0.939. The van der Waals surface area contributed by atoms with Crippen molar-refractivity contribution in [3.8, 4) is 16.9 Å². The average molecular weight is 414 g/mol. The third-order valence-electron chi connectivity index (χ3n) is 6.36. The molecule has 3 aromatic carbocycles. The van der Waals surface area contributed by atoms with E-state index in [9.17, 15) is 0 Å². The molecule has 1 N–H and O–H groups in total. The van der Waals surface area contributed by atoms with Crippen molar-refractivity contribution in [3.63, 3.8) is 0 Å². The Labute approximate surface area is 183 Å². The van der Waals surface area contributed by atoms with Gasteiger partial charge in [-0.3, -0.25) is 0 Å². The van der Waals surface area contributed by atoms with Crippen molar-refractivity contribution in [1.82, 2.24) is 0 Å². The molecule has 1 fully saturated rings. The van der Waals surface area contributed by atoms with Gasteiger partial charge in [-0.15, -0.1) is 0 Å². The molecule has 4 nitrogen and oxygen atoms in total. The number of piperazine rings is 1. The first-order valence-corrected chi connectivity index (χ1v) is 11.0. The number of fused-ring (bicyclic) bond motifs is 1. The Morgan fingerprint density at radius 2 is 1.61 bits per heavy atom. The number of rotatable bonds is 5. The first-order valence-electron chi connectivity index (χ1n) is 11.0. The van der Waals surface area contributed by atoms with Gasteiger partial charge in [-0.2, -0.15) is 0 Å². The number of hydrogen-bond acceptors (Lipinski definition) is 3. The fourth-order valence-corrected chi connectivity index (χ4v) is 4.75. The predicted octanol–water partition coefficient (Wildman–Crippen LogP) is 4.32. The van der Waals surface area contributed by atoms with Crippen LogP contribution in [-0.2, 0) is 6.54 Å². The Balaban J connectivity index is 1.38. The van der Waals surface area contributed by atoms with Gasteiger partial charge in [0.25, 0.3) is 0 Å². The highest BCUT2D eigenvalue weighted by molar-refractivity contribution is 5.97. The molecule has 5 rings (SSSR count). The predicted molar refractivity (Wildman–Crippen MR) is 126 cm³/mol. The van der Waals surface area contributed by atoms with E-state index < -0.39 is 0 Å². The molecule has 1 aliphatic rings. The van der Waals surface area contributed by atoms with Crippen molar-refractivity contribution in [2.24, 2.45) is 0 Å². The zero-order valence-electron chi connectivity index (χ0n) is 18.2. The molecule has 31 heavy (non-hydrogen) atoms. The number of nitrogens with zero attached hydrogens (tertiary/aromatic N) is 1. The Morgan fingerprint density at radius 3 is 2.29 bits per heavy atom. The second kappa shape index (κ2) is 8.48. The summed E-state index contributed by atoms with van der Waals surface area (Å²) in [6.45, 7) is 7.36. The van der Waals surface area contributed by atoms with Gasteiger partial charge in [0.2, 0.25) is 0 Å². The number of hydrogen-bond donors (Lipinski definition) is 1. The summed E-state index contributed by atoms with van der Waals surface area (Å²) in [5.74, 6) is 1.90. The van der Waals surface area contributed by atoms with Crippen molar-refractivity contribution in [2.45, 2.75) is 13.5 Å². The van der Waals surface area contributed by atoms with Crippen molar-refractivity contribution < 1.29 is 14.1 Å². The molecule has 0 unspecified atom stereocenters. The number of furan rings is 1. The van der Waals surface area contributed by atoms with E-state index in [-0.39, 0.29) is 0 Å². The number of para-hydroxylation sites is 1. The lowest BCUT2D eigenvalue weighted by atomic mass is 10.0. The number of anilines is 1. The zero-order valence-corrected chi connectivity index (χ0v) is 18.2. The number of ether oxygens (including phenoxy) is 1. The molecule has 0 bridgehead atoms. The van der Waals surface area contributed by atoms with Gasteiger partial charge in [0.1, 0.15) is 23.6 Å². The number of nitrogens with one attached hydrogen (secondary N) is 1. The topological polar surface area (TPSA) is 30.1 Å². The summed E-state index contributed by atoms with van der Waals surface area (Å²) in [7, 11) is 1.77.